The molecule has 0 aromatic heterocycles. The number of nitrogens with zero attached hydrogens (tertiary/aromatic N) is 2. The monoisotopic (exact) mass is 553 g/mol. The van der Waals surface area contributed by atoms with Crippen molar-refractivity contribution in [1.82, 2.24) is 15.1 Å². The molecule has 0 heterocycles. The summed E-state index contributed by atoms with van der Waals surface area (Å²) in [6.07, 6.45) is -3.41. The summed E-state index contributed by atoms with van der Waals surface area (Å²) < 4.78 is 31.7. The molecule has 0 spiro atoms. The predicted molar refractivity (Wildman–Crippen MR) is 117 cm³/mol. The number of hydrogen-bond donors (Lipinski definition) is 12. The van der Waals surface area contributed by atoms with E-state index in [1.54, 1.807) is 4.90 Å². The third kappa shape index (κ3) is 36.9. The summed E-state index contributed by atoms with van der Waals surface area (Å²) in [5.74, 6) is 0. The van der Waals surface area contributed by atoms with Gasteiger partial charge in [0.25, 0.3) is 0 Å². The molecular weight excluding hydrogens is 515 g/mol. The lowest BCUT2D eigenvalue weighted by Gasteiger charge is -2.22. The third-order valence-electron chi connectivity index (χ3n) is 2.98. The largest absolute Gasteiger partial charge is 0.395 e. The Balaban J connectivity index is -0.000000451. The van der Waals surface area contributed by atoms with Crippen molar-refractivity contribution in [3.05, 3.63) is 0 Å². The molecule has 0 amide bonds. The van der Waals surface area contributed by atoms with E-state index in [4.69, 9.17) is 54.9 Å². The van der Waals surface area contributed by atoms with Crippen LogP contribution in [0.3, 0.4) is 0 Å². The Hall–Kier alpha value is 0.130. The quantitative estimate of drug-likeness (QED) is 0.0633. The smallest absolute Gasteiger partial charge is 0.339 e. The Kier molecular flexibility index (Phi) is 24.4. The first kappa shape index (κ1) is 37.7. The summed E-state index contributed by atoms with van der Waals surface area (Å²) in [6, 6.07) is 0. The molecule has 0 aliphatic carbocycles. The Bertz CT molecular complexity index is 509. The topological polar surface area (TPSA) is 292 Å². The molecule has 0 aromatic carbocycles. The molecule has 0 saturated heterocycles. The van der Waals surface area contributed by atoms with Gasteiger partial charge in [-0.05, 0) is 0 Å². The van der Waals surface area contributed by atoms with Crippen LogP contribution in [0.25, 0.3) is 0 Å². The highest BCUT2D eigenvalue weighted by Crippen LogP contribution is 2.45. The highest BCUT2D eigenvalue weighted by atomic mass is 31.2. The lowest BCUT2D eigenvalue weighted by molar-refractivity contribution is 0.136. The van der Waals surface area contributed by atoms with Gasteiger partial charge in [0.05, 0.1) is 33.0 Å². The zero-order chi connectivity index (χ0) is 26.6. The number of aliphatic hydroxyl groups is 5. The molecule has 0 fully saturated rings. The first-order valence-corrected chi connectivity index (χ1v) is 14.8. The van der Waals surface area contributed by atoms with E-state index in [0.29, 0.717) is 37.6 Å². The highest BCUT2D eigenvalue weighted by molar-refractivity contribution is 7.53. The van der Waals surface area contributed by atoms with Gasteiger partial charge in [0.2, 0.25) is 0 Å². The molecule has 0 atom stereocenters. The van der Waals surface area contributed by atoms with E-state index < -0.39 is 41.6 Å². The summed E-state index contributed by atoms with van der Waals surface area (Å²) in [7, 11) is -14.0. The van der Waals surface area contributed by atoms with E-state index in [1.165, 1.54) is 0 Å². The molecule has 12 N–H and O–H groups in total. The average molecular weight is 553 g/mol. The molecule has 20 heteroatoms. The Labute approximate surface area is 191 Å². The van der Waals surface area contributed by atoms with Crippen molar-refractivity contribution in [1.29, 1.82) is 0 Å². The van der Waals surface area contributed by atoms with Crippen LogP contribution in [0.2, 0.25) is 0 Å². The first-order valence-electron chi connectivity index (χ1n) is 9.38. The Morgan fingerprint density at radius 2 is 0.758 bits per heavy atom. The molecule has 0 aromatic rings. The number of rotatable bonds is 16. The summed E-state index contributed by atoms with van der Waals surface area (Å²) in [5, 5.41) is 44.5. The second-order valence-corrected chi connectivity index (χ2v) is 11.1. The van der Waals surface area contributed by atoms with Gasteiger partial charge >= 0.3 is 22.8 Å². The lowest BCUT2D eigenvalue weighted by atomic mass is 10.4. The van der Waals surface area contributed by atoms with Crippen molar-refractivity contribution >= 4 is 22.8 Å². The molecule has 0 radical (unpaired) electrons. The zero-order valence-corrected chi connectivity index (χ0v) is 20.8. The van der Waals surface area contributed by atoms with Crippen molar-refractivity contribution in [3.8, 4) is 0 Å². The minimum Gasteiger partial charge on any atom is -0.395 e. The van der Waals surface area contributed by atoms with Crippen LogP contribution in [0, 0.1) is 0 Å². The van der Waals surface area contributed by atoms with Crippen molar-refractivity contribution < 1.29 is 68.6 Å². The summed E-state index contributed by atoms with van der Waals surface area (Å²) in [4.78, 5) is 53.4. The van der Waals surface area contributed by atoms with E-state index >= 15 is 0 Å². The fraction of sp³-hybridized carbons (Fsp3) is 1.00. The Morgan fingerprint density at radius 3 is 0.939 bits per heavy atom. The van der Waals surface area contributed by atoms with Crippen LogP contribution < -0.4 is 5.32 Å². The molecule has 17 nitrogen and oxygen atoms in total. The van der Waals surface area contributed by atoms with Gasteiger partial charge in [-0.1, -0.05) is 0 Å². The van der Waals surface area contributed by atoms with Crippen LogP contribution in [-0.4, -0.2) is 149 Å². The fourth-order valence-corrected chi connectivity index (χ4v) is 4.60. The first-order chi connectivity index (χ1) is 15.0. The van der Waals surface area contributed by atoms with Crippen molar-refractivity contribution in [3.63, 3.8) is 0 Å². The maximum atomic E-state index is 10.6. The molecule has 0 unspecified atom stereocenters. The molecule has 0 bridgehead atoms. The van der Waals surface area contributed by atoms with Crippen LogP contribution in [0.1, 0.15) is 0 Å². The molecule has 0 rings (SSSR count). The third-order valence-corrected chi connectivity index (χ3v) is 5.28. The summed E-state index contributed by atoms with van der Waals surface area (Å²) in [5.41, 5.74) is 0. The molecule has 33 heavy (non-hydrogen) atoms. The fourth-order valence-electron chi connectivity index (χ4n) is 1.96. The summed E-state index contributed by atoms with van der Waals surface area (Å²) in [6.45, 7) is 3.17. The standard InChI is InChI=1S/C6H15NO3.C4H11NO2.C3H12NO9P3/c8-4-1-7(2-5-9)3-6-10;6-3-1-5-2-4-7;5-14(6,7)1-4(2-15(8,9)10)3-16(11,12)13/h8-10H,1-6H2;5-7H,1-4H2;1-3H2,(H2,5,6,7)(H2,8,9,10)(H2,11,12,13). The van der Waals surface area contributed by atoms with Crippen LogP contribution in [-0.2, 0) is 13.7 Å². The number of hydrogen-bond acceptors (Lipinski definition) is 11. The van der Waals surface area contributed by atoms with Crippen LogP contribution in [0.4, 0.5) is 0 Å². The van der Waals surface area contributed by atoms with E-state index in [2.05, 4.69) is 5.32 Å². The van der Waals surface area contributed by atoms with E-state index in [9.17, 15) is 13.7 Å². The van der Waals surface area contributed by atoms with E-state index in [0.717, 1.165) is 0 Å². The van der Waals surface area contributed by atoms with Crippen molar-refractivity contribution in [2.45, 2.75) is 0 Å². The van der Waals surface area contributed by atoms with Crippen molar-refractivity contribution in [2.24, 2.45) is 0 Å². The van der Waals surface area contributed by atoms with Crippen LogP contribution in [0.5, 0.6) is 0 Å². The van der Waals surface area contributed by atoms with Gasteiger partial charge in [-0.25, -0.2) is 0 Å². The van der Waals surface area contributed by atoms with Gasteiger partial charge in [-0.15, -0.1) is 0 Å². The average Bonchev–Trinajstić information content (AvgIpc) is 2.59. The molecule has 204 valence electrons. The second-order valence-electron chi connectivity index (χ2n) is 6.30. The molecule has 0 saturated carbocycles. The number of aliphatic hydroxyl groups excluding tert-OH is 5. The van der Waals surface area contributed by atoms with Gasteiger partial charge in [-0.2, -0.15) is 0 Å². The van der Waals surface area contributed by atoms with Crippen LogP contribution in [0.15, 0.2) is 0 Å². The maximum absolute atomic E-state index is 10.6. The molecule has 0 aliphatic rings. The molecule has 0 aliphatic heterocycles. The van der Waals surface area contributed by atoms with Crippen LogP contribution >= 0.6 is 22.8 Å². The lowest BCUT2D eigenvalue weighted by Crippen LogP contribution is -2.32. The van der Waals surface area contributed by atoms with Gasteiger partial charge in [-0.3, -0.25) is 23.5 Å². The Morgan fingerprint density at radius 1 is 0.485 bits per heavy atom. The zero-order valence-electron chi connectivity index (χ0n) is 18.1. The highest BCUT2D eigenvalue weighted by Gasteiger charge is 2.30. The van der Waals surface area contributed by atoms with E-state index in [1.807, 2.05) is 0 Å². The van der Waals surface area contributed by atoms with Gasteiger partial charge < -0.3 is 60.2 Å². The van der Waals surface area contributed by atoms with Crippen molar-refractivity contribution in [2.75, 3.05) is 84.6 Å². The minimum atomic E-state index is -4.65. The predicted octanol–water partition coefficient (Wildman–Crippen LogP) is -4.48. The van der Waals surface area contributed by atoms with E-state index in [-0.39, 0.29) is 33.0 Å². The number of nitrogens with one attached hydrogen (secondary N) is 1. The summed E-state index contributed by atoms with van der Waals surface area (Å²) >= 11 is 0. The SMILES string of the molecule is O=P(O)(O)CN(CP(=O)(O)O)CP(=O)(O)O.OCCN(CCO)CCO.OCCNCCO. The molecular formula is C13H38N3O14P3. The normalized spacial score (nSPS) is 12.3. The maximum Gasteiger partial charge on any atom is 0.339 e. The minimum absolute atomic E-state index is 0.0694. The van der Waals surface area contributed by atoms with Gasteiger partial charge in [0.1, 0.15) is 18.9 Å². The van der Waals surface area contributed by atoms with Gasteiger partial charge in [0.15, 0.2) is 0 Å². The van der Waals surface area contributed by atoms with Gasteiger partial charge in [0, 0.05) is 32.7 Å². The second kappa shape index (κ2) is 21.4.